The number of hydrogen-bond donors (Lipinski definition) is 1. The van der Waals surface area contributed by atoms with Gasteiger partial charge in [0.25, 0.3) is 0 Å². The van der Waals surface area contributed by atoms with Crippen molar-refractivity contribution >= 4 is 17.7 Å². The molecular formula is C10H12N2O3S. The molecule has 1 saturated heterocycles. The van der Waals surface area contributed by atoms with E-state index in [9.17, 15) is 4.79 Å². The van der Waals surface area contributed by atoms with Gasteiger partial charge in [0.2, 0.25) is 0 Å². The third-order valence-electron chi connectivity index (χ3n) is 2.30. The lowest BCUT2D eigenvalue weighted by Gasteiger charge is -2.20. The lowest BCUT2D eigenvalue weighted by atomic mass is 10.2. The second-order valence-electron chi connectivity index (χ2n) is 3.47. The van der Waals surface area contributed by atoms with Gasteiger partial charge in [-0.15, -0.1) is 11.8 Å². The van der Waals surface area contributed by atoms with Gasteiger partial charge in [0.15, 0.2) is 5.69 Å². The molecule has 86 valence electrons. The van der Waals surface area contributed by atoms with Gasteiger partial charge in [0.1, 0.15) is 5.03 Å². The molecule has 0 aromatic carbocycles. The largest absolute Gasteiger partial charge is 0.476 e. The fourth-order valence-electron chi connectivity index (χ4n) is 1.45. The van der Waals surface area contributed by atoms with Crippen LogP contribution < -0.4 is 0 Å². The number of rotatable bonds is 3. The predicted molar refractivity (Wildman–Crippen MR) is 58.7 cm³/mol. The first-order valence-electron chi connectivity index (χ1n) is 5.05. The molecule has 16 heavy (non-hydrogen) atoms. The maximum Gasteiger partial charge on any atom is 0.356 e. The molecule has 0 bridgehead atoms. The summed E-state index contributed by atoms with van der Waals surface area (Å²) in [5.74, 6) is -1.05. The van der Waals surface area contributed by atoms with Gasteiger partial charge in [-0.3, -0.25) is 0 Å². The summed E-state index contributed by atoms with van der Waals surface area (Å²) in [6.45, 7) is 1.58. The van der Waals surface area contributed by atoms with E-state index in [-0.39, 0.29) is 5.69 Å². The van der Waals surface area contributed by atoms with E-state index in [2.05, 4.69) is 9.97 Å². The Hall–Kier alpha value is -1.14. The van der Waals surface area contributed by atoms with E-state index in [4.69, 9.17) is 9.84 Å². The van der Waals surface area contributed by atoms with Gasteiger partial charge in [0.05, 0.1) is 12.4 Å². The molecule has 5 nitrogen and oxygen atoms in total. The van der Waals surface area contributed by atoms with E-state index >= 15 is 0 Å². The zero-order chi connectivity index (χ0) is 11.4. The number of thioether (sulfide) groups is 1. The minimum Gasteiger partial charge on any atom is -0.476 e. The number of aromatic carboxylic acids is 1. The molecule has 0 unspecified atom stereocenters. The number of carbonyl (C=O) groups is 1. The van der Waals surface area contributed by atoms with Crippen molar-refractivity contribution in [3.63, 3.8) is 0 Å². The maximum absolute atomic E-state index is 10.6. The number of carboxylic acid groups (broad SMARTS) is 1. The Bertz CT molecular complexity index is 363. The first-order valence-corrected chi connectivity index (χ1v) is 5.93. The van der Waals surface area contributed by atoms with Gasteiger partial charge >= 0.3 is 5.97 Å². The Balaban J connectivity index is 1.96. The molecule has 0 saturated carbocycles. The molecule has 6 heteroatoms. The smallest absolute Gasteiger partial charge is 0.356 e. The minimum absolute atomic E-state index is 0.0173. The van der Waals surface area contributed by atoms with Crippen molar-refractivity contribution in [1.29, 1.82) is 0 Å². The summed E-state index contributed by atoms with van der Waals surface area (Å²) in [6, 6.07) is 0. The van der Waals surface area contributed by atoms with E-state index in [1.165, 1.54) is 12.4 Å². The highest BCUT2D eigenvalue weighted by Gasteiger charge is 2.16. The number of nitrogens with zero attached hydrogens (tertiary/aromatic N) is 2. The highest BCUT2D eigenvalue weighted by molar-refractivity contribution is 7.99. The molecule has 2 rings (SSSR count). The first-order chi connectivity index (χ1) is 7.75. The summed E-state index contributed by atoms with van der Waals surface area (Å²) in [4.78, 5) is 18.5. The van der Waals surface area contributed by atoms with Crippen LogP contribution in [0.3, 0.4) is 0 Å². The number of hydrogen-bond acceptors (Lipinski definition) is 5. The highest BCUT2D eigenvalue weighted by Crippen LogP contribution is 2.27. The maximum atomic E-state index is 10.6. The van der Waals surface area contributed by atoms with Crippen LogP contribution in [-0.2, 0) is 4.74 Å². The zero-order valence-electron chi connectivity index (χ0n) is 8.63. The molecule has 1 aliphatic rings. The summed E-state index contributed by atoms with van der Waals surface area (Å²) >= 11 is 1.64. The Morgan fingerprint density at radius 3 is 2.69 bits per heavy atom. The van der Waals surface area contributed by atoms with Crippen molar-refractivity contribution < 1.29 is 14.6 Å². The molecule has 1 aliphatic heterocycles. The second-order valence-corrected chi connectivity index (χ2v) is 4.80. The number of aromatic nitrogens is 2. The molecule has 1 aromatic heterocycles. The van der Waals surface area contributed by atoms with Gasteiger partial charge < -0.3 is 9.84 Å². The summed E-state index contributed by atoms with van der Waals surface area (Å²) in [5, 5.41) is 9.95. The van der Waals surface area contributed by atoms with Crippen LogP contribution in [0.4, 0.5) is 0 Å². The molecule has 1 aromatic rings. The fraction of sp³-hybridized carbons (Fsp3) is 0.500. The third-order valence-corrected chi connectivity index (χ3v) is 3.56. The Labute approximate surface area is 97.2 Å². The van der Waals surface area contributed by atoms with Gasteiger partial charge in [-0.05, 0) is 12.8 Å². The van der Waals surface area contributed by atoms with Crippen molar-refractivity contribution in [2.24, 2.45) is 0 Å². The fourth-order valence-corrected chi connectivity index (χ4v) is 2.45. The molecule has 1 N–H and O–H groups in total. The minimum atomic E-state index is -1.05. The molecule has 0 amide bonds. The van der Waals surface area contributed by atoms with E-state index < -0.39 is 5.97 Å². The van der Waals surface area contributed by atoms with Crippen molar-refractivity contribution in [3.8, 4) is 0 Å². The van der Waals surface area contributed by atoms with Crippen LogP contribution in [0.25, 0.3) is 0 Å². The van der Waals surface area contributed by atoms with Crippen LogP contribution in [0.2, 0.25) is 0 Å². The van der Waals surface area contributed by atoms with Gasteiger partial charge in [-0.25, -0.2) is 14.8 Å². The standard InChI is InChI=1S/C10H12N2O3S/c13-10(14)8-5-12-9(6-11-8)16-7-1-3-15-4-2-7/h5-7H,1-4H2,(H,13,14). The normalized spacial score (nSPS) is 17.2. The van der Waals surface area contributed by atoms with Crippen LogP contribution in [-0.4, -0.2) is 39.5 Å². The van der Waals surface area contributed by atoms with Crippen LogP contribution in [0.15, 0.2) is 17.4 Å². The highest BCUT2D eigenvalue weighted by atomic mass is 32.2. The second kappa shape index (κ2) is 5.27. The molecule has 1 fully saturated rings. The Morgan fingerprint density at radius 1 is 1.38 bits per heavy atom. The molecule has 0 spiro atoms. The summed E-state index contributed by atoms with van der Waals surface area (Å²) in [6.07, 6.45) is 4.83. The monoisotopic (exact) mass is 240 g/mol. The summed E-state index contributed by atoms with van der Waals surface area (Å²) < 4.78 is 5.26. The zero-order valence-corrected chi connectivity index (χ0v) is 9.44. The topological polar surface area (TPSA) is 72.3 Å². The number of ether oxygens (including phenoxy) is 1. The lowest BCUT2D eigenvalue weighted by Crippen LogP contribution is -2.17. The Morgan fingerprint density at radius 2 is 2.12 bits per heavy atom. The van der Waals surface area contributed by atoms with E-state index in [1.54, 1.807) is 11.8 Å². The van der Waals surface area contributed by atoms with Crippen molar-refractivity contribution in [2.45, 2.75) is 23.1 Å². The first kappa shape index (κ1) is 11.3. The summed E-state index contributed by atoms with van der Waals surface area (Å²) in [5.41, 5.74) is -0.0173. The Kier molecular flexibility index (Phi) is 3.74. The van der Waals surface area contributed by atoms with Crippen LogP contribution >= 0.6 is 11.8 Å². The molecule has 0 radical (unpaired) electrons. The van der Waals surface area contributed by atoms with Crippen molar-refractivity contribution in [3.05, 3.63) is 18.1 Å². The van der Waals surface area contributed by atoms with Gasteiger partial charge in [0, 0.05) is 18.5 Å². The van der Waals surface area contributed by atoms with Gasteiger partial charge in [-0.1, -0.05) is 0 Å². The van der Waals surface area contributed by atoms with Crippen LogP contribution in [0.1, 0.15) is 23.3 Å². The van der Waals surface area contributed by atoms with Crippen molar-refractivity contribution in [1.82, 2.24) is 9.97 Å². The van der Waals surface area contributed by atoms with E-state index in [0.717, 1.165) is 31.1 Å². The summed E-state index contributed by atoms with van der Waals surface area (Å²) in [7, 11) is 0. The number of carboxylic acids is 1. The van der Waals surface area contributed by atoms with Crippen molar-refractivity contribution in [2.75, 3.05) is 13.2 Å². The van der Waals surface area contributed by atoms with Crippen LogP contribution in [0.5, 0.6) is 0 Å². The van der Waals surface area contributed by atoms with E-state index in [0.29, 0.717) is 5.25 Å². The van der Waals surface area contributed by atoms with E-state index in [1.807, 2.05) is 0 Å². The molecule has 2 heterocycles. The predicted octanol–water partition coefficient (Wildman–Crippen LogP) is 1.45. The average Bonchev–Trinajstić information content (AvgIpc) is 2.31. The SMILES string of the molecule is O=C(O)c1cnc(SC2CCOCC2)cn1. The molecule has 0 atom stereocenters. The molecular weight excluding hydrogens is 228 g/mol. The lowest BCUT2D eigenvalue weighted by molar-refractivity contribution is 0.0689. The molecule has 0 aliphatic carbocycles. The third kappa shape index (κ3) is 2.93. The quantitative estimate of drug-likeness (QED) is 0.862. The van der Waals surface area contributed by atoms with Gasteiger partial charge in [-0.2, -0.15) is 0 Å². The average molecular weight is 240 g/mol. The van der Waals surface area contributed by atoms with Crippen LogP contribution in [0, 0.1) is 0 Å².